The summed E-state index contributed by atoms with van der Waals surface area (Å²) < 4.78 is 5.83. The molecular formula is C17H20O2. The van der Waals surface area contributed by atoms with E-state index < -0.39 is 6.10 Å². The fraction of sp³-hybridized carbons (Fsp3) is 0.294. The highest BCUT2D eigenvalue weighted by Gasteiger charge is 2.09. The zero-order valence-electron chi connectivity index (χ0n) is 11.7. The smallest absolute Gasteiger partial charge is 0.125 e. The Hall–Kier alpha value is -1.80. The van der Waals surface area contributed by atoms with E-state index in [9.17, 15) is 5.11 Å². The van der Waals surface area contributed by atoms with Gasteiger partial charge in [-0.3, -0.25) is 0 Å². The van der Waals surface area contributed by atoms with Gasteiger partial charge in [0, 0.05) is 5.56 Å². The van der Waals surface area contributed by atoms with Crippen molar-refractivity contribution in [1.29, 1.82) is 0 Å². The van der Waals surface area contributed by atoms with Crippen LogP contribution in [0.3, 0.4) is 0 Å². The van der Waals surface area contributed by atoms with E-state index in [-0.39, 0.29) is 0 Å². The Morgan fingerprint density at radius 2 is 1.79 bits per heavy atom. The molecule has 0 aliphatic rings. The van der Waals surface area contributed by atoms with Crippen LogP contribution in [0.15, 0.2) is 42.5 Å². The van der Waals surface area contributed by atoms with Crippen LogP contribution in [0.25, 0.3) is 0 Å². The lowest BCUT2D eigenvalue weighted by atomic mass is 10.1. The van der Waals surface area contributed by atoms with Gasteiger partial charge in [0.05, 0.1) is 6.10 Å². The Kier molecular flexibility index (Phi) is 4.23. The van der Waals surface area contributed by atoms with Crippen molar-refractivity contribution in [2.45, 2.75) is 33.5 Å². The average Bonchev–Trinajstić information content (AvgIpc) is 2.37. The van der Waals surface area contributed by atoms with Gasteiger partial charge < -0.3 is 9.84 Å². The highest BCUT2D eigenvalue weighted by atomic mass is 16.5. The Balaban J connectivity index is 2.15. The van der Waals surface area contributed by atoms with Crippen molar-refractivity contribution in [2.24, 2.45) is 0 Å². The third-order valence-electron chi connectivity index (χ3n) is 3.09. The van der Waals surface area contributed by atoms with E-state index in [1.165, 1.54) is 5.56 Å². The molecule has 2 rings (SSSR count). The molecule has 2 nitrogen and oxygen atoms in total. The third kappa shape index (κ3) is 3.58. The molecule has 0 amide bonds. The van der Waals surface area contributed by atoms with Crippen molar-refractivity contribution in [2.75, 3.05) is 0 Å². The monoisotopic (exact) mass is 256 g/mol. The van der Waals surface area contributed by atoms with Crippen LogP contribution in [0.5, 0.6) is 5.75 Å². The molecule has 0 bridgehead atoms. The van der Waals surface area contributed by atoms with Gasteiger partial charge in [-0.05, 0) is 38.5 Å². The second-order valence-corrected chi connectivity index (χ2v) is 4.99. The standard InChI is InChI=1S/C17H20O2/c1-12-5-4-6-15(9-12)11-19-17-8-7-13(2)10-16(17)14(3)18/h4-10,14,18H,11H2,1-3H3. The van der Waals surface area contributed by atoms with Crippen molar-refractivity contribution < 1.29 is 9.84 Å². The summed E-state index contributed by atoms with van der Waals surface area (Å²) in [6.07, 6.45) is -0.521. The molecule has 2 aromatic rings. The highest BCUT2D eigenvalue weighted by Crippen LogP contribution is 2.27. The molecule has 1 N–H and O–H groups in total. The SMILES string of the molecule is Cc1cccc(COc2ccc(C)cc2C(C)O)c1. The summed E-state index contributed by atoms with van der Waals surface area (Å²) in [5.74, 6) is 0.752. The van der Waals surface area contributed by atoms with Gasteiger partial charge >= 0.3 is 0 Å². The van der Waals surface area contributed by atoms with Crippen molar-refractivity contribution in [1.82, 2.24) is 0 Å². The third-order valence-corrected chi connectivity index (χ3v) is 3.09. The van der Waals surface area contributed by atoms with Gasteiger partial charge in [-0.25, -0.2) is 0 Å². The van der Waals surface area contributed by atoms with Crippen molar-refractivity contribution in [3.05, 3.63) is 64.7 Å². The van der Waals surface area contributed by atoms with Crippen LogP contribution < -0.4 is 4.74 Å². The number of benzene rings is 2. The van der Waals surface area contributed by atoms with Gasteiger partial charge in [0.25, 0.3) is 0 Å². The number of hydrogen-bond donors (Lipinski definition) is 1. The minimum absolute atomic E-state index is 0.518. The highest BCUT2D eigenvalue weighted by molar-refractivity contribution is 5.38. The molecule has 0 aromatic heterocycles. The predicted octanol–water partition coefficient (Wildman–Crippen LogP) is 3.94. The first-order valence-corrected chi connectivity index (χ1v) is 6.53. The lowest BCUT2D eigenvalue weighted by Crippen LogP contribution is -2.01. The number of aryl methyl sites for hydroxylation is 2. The first-order chi connectivity index (χ1) is 9.06. The summed E-state index contributed by atoms with van der Waals surface area (Å²) in [6.45, 7) is 6.35. The molecule has 1 unspecified atom stereocenters. The van der Waals surface area contributed by atoms with Gasteiger partial charge in [0.2, 0.25) is 0 Å². The first kappa shape index (κ1) is 13.6. The Bertz CT molecular complexity index is 559. The lowest BCUT2D eigenvalue weighted by molar-refractivity contribution is 0.190. The molecule has 19 heavy (non-hydrogen) atoms. The van der Waals surface area contributed by atoms with Crippen LogP contribution in [0, 0.1) is 13.8 Å². The molecule has 0 saturated carbocycles. The predicted molar refractivity (Wildman–Crippen MR) is 77.3 cm³/mol. The maximum Gasteiger partial charge on any atom is 0.125 e. The van der Waals surface area contributed by atoms with Crippen LogP contribution in [-0.2, 0) is 6.61 Å². The second kappa shape index (κ2) is 5.89. The van der Waals surface area contributed by atoms with Gasteiger partial charge in [-0.1, -0.05) is 41.5 Å². The van der Waals surface area contributed by atoms with E-state index in [0.29, 0.717) is 6.61 Å². The number of rotatable bonds is 4. The van der Waals surface area contributed by atoms with Crippen LogP contribution in [0.4, 0.5) is 0 Å². The minimum Gasteiger partial charge on any atom is -0.489 e. The van der Waals surface area contributed by atoms with Crippen molar-refractivity contribution >= 4 is 0 Å². The van der Waals surface area contributed by atoms with Crippen LogP contribution >= 0.6 is 0 Å². The van der Waals surface area contributed by atoms with Gasteiger partial charge in [0.1, 0.15) is 12.4 Å². The molecule has 100 valence electrons. The Morgan fingerprint density at radius 1 is 1.05 bits per heavy atom. The fourth-order valence-electron chi connectivity index (χ4n) is 2.09. The molecule has 0 radical (unpaired) electrons. The lowest BCUT2D eigenvalue weighted by Gasteiger charge is -2.14. The average molecular weight is 256 g/mol. The van der Waals surface area contributed by atoms with Crippen LogP contribution in [0.2, 0.25) is 0 Å². The summed E-state index contributed by atoms with van der Waals surface area (Å²) in [5.41, 5.74) is 4.32. The van der Waals surface area contributed by atoms with Gasteiger partial charge in [0.15, 0.2) is 0 Å². The van der Waals surface area contributed by atoms with Crippen LogP contribution in [-0.4, -0.2) is 5.11 Å². The van der Waals surface area contributed by atoms with Crippen molar-refractivity contribution in [3.8, 4) is 5.75 Å². The minimum atomic E-state index is -0.521. The van der Waals surface area contributed by atoms with Gasteiger partial charge in [-0.2, -0.15) is 0 Å². The van der Waals surface area contributed by atoms with E-state index in [4.69, 9.17) is 4.74 Å². The number of hydrogen-bond acceptors (Lipinski definition) is 2. The molecule has 2 heteroatoms. The summed E-state index contributed by atoms with van der Waals surface area (Å²) >= 11 is 0. The summed E-state index contributed by atoms with van der Waals surface area (Å²) in [4.78, 5) is 0. The molecule has 0 spiro atoms. The number of aliphatic hydroxyl groups is 1. The fourth-order valence-corrected chi connectivity index (χ4v) is 2.09. The Morgan fingerprint density at radius 3 is 2.47 bits per heavy atom. The second-order valence-electron chi connectivity index (χ2n) is 4.99. The topological polar surface area (TPSA) is 29.5 Å². The zero-order valence-corrected chi connectivity index (χ0v) is 11.7. The van der Waals surface area contributed by atoms with Gasteiger partial charge in [-0.15, -0.1) is 0 Å². The van der Waals surface area contributed by atoms with E-state index in [1.807, 2.05) is 37.3 Å². The van der Waals surface area contributed by atoms with E-state index in [2.05, 4.69) is 19.1 Å². The summed E-state index contributed by atoms with van der Waals surface area (Å²) in [5, 5.41) is 9.79. The molecule has 0 saturated heterocycles. The zero-order chi connectivity index (χ0) is 13.8. The van der Waals surface area contributed by atoms with E-state index in [1.54, 1.807) is 6.92 Å². The summed E-state index contributed by atoms with van der Waals surface area (Å²) in [6, 6.07) is 14.1. The molecule has 2 aromatic carbocycles. The molecule has 1 atom stereocenters. The first-order valence-electron chi connectivity index (χ1n) is 6.53. The van der Waals surface area contributed by atoms with Crippen molar-refractivity contribution in [3.63, 3.8) is 0 Å². The van der Waals surface area contributed by atoms with E-state index in [0.717, 1.165) is 22.4 Å². The van der Waals surface area contributed by atoms with Crippen LogP contribution in [0.1, 0.15) is 35.3 Å². The largest absolute Gasteiger partial charge is 0.489 e. The number of ether oxygens (including phenoxy) is 1. The quantitative estimate of drug-likeness (QED) is 0.898. The normalized spacial score (nSPS) is 12.2. The molecular weight excluding hydrogens is 236 g/mol. The number of aliphatic hydroxyl groups excluding tert-OH is 1. The molecule has 0 aliphatic carbocycles. The van der Waals surface area contributed by atoms with E-state index >= 15 is 0 Å². The Labute approximate surface area is 114 Å². The molecule has 0 fully saturated rings. The molecule has 0 aliphatic heterocycles. The summed E-state index contributed by atoms with van der Waals surface area (Å²) in [7, 11) is 0. The molecule has 0 heterocycles. The maximum atomic E-state index is 9.79. The maximum absolute atomic E-state index is 9.79.